The maximum Gasteiger partial charge on any atom is 0.235 e. The molecule has 0 saturated carbocycles. The Balaban J connectivity index is 2.32. The maximum absolute atomic E-state index is 10.3. The highest BCUT2D eigenvalue weighted by atomic mass is 16.1. The molecule has 0 spiro atoms. The molecule has 0 aromatic carbocycles. The summed E-state index contributed by atoms with van der Waals surface area (Å²) in [6.07, 6.45) is 5.82. The molecule has 0 radical (unpaired) electrons. The molecule has 1 aliphatic rings. The van der Waals surface area contributed by atoms with Crippen LogP contribution in [0.3, 0.4) is 0 Å². The monoisotopic (exact) mass is 217 g/mol. The van der Waals surface area contributed by atoms with Crippen LogP contribution >= 0.6 is 0 Å². The predicted octanol–water partition coefficient (Wildman–Crippen LogP) is 2.08. The topological polar surface area (TPSA) is 45.6 Å². The van der Waals surface area contributed by atoms with Gasteiger partial charge in [-0.25, -0.2) is 9.78 Å². The number of hydrogen-bond acceptors (Lipinski definition) is 4. The van der Waals surface area contributed by atoms with Gasteiger partial charge in [0.15, 0.2) is 0 Å². The Labute approximate surface area is 95.0 Å². The first-order valence-corrected chi connectivity index (χ1v) is 5.60. The number of hydrogen-bond donors (Lipinski definition) is 0. The second-order valence-corrected chi connectivity index (χ2v) is 4.01. The van der Waals surface area contributed by atoms with Gasteiger partial charge >= 0.3 is 0 Å². The van der Waals surface area contributed by atoms with Gasteiger partial charge in [0.2, 0.25) is 6.08 Å². The van der Waals surface area contributed by atoms with Gasteiger partial charge in [0.05, 0.1) is 6.04 Å². The standard InChI is InChI=1S/C12H15N3O/c1-10(14-9-16)11-5-4-6-13-12(11)15-7-2-3-8-15/h4-6,10H,2-3,7-8H2,1H3. The van der Waals surface area contributed by atoms with Crippen LogP contribution in [0.4, 0.5) is 5.82 Å². The number of isocyanates is 1. The van der Waals surface area contributed by atoms with Crippen molar-refractivity contribution in [2.45, 2.75) is 25.8 Å². The summed E-state index contributed by atoms with van der Waals surface area (Å²) in [6.45, 7) is 3.98. The maximum atomic E-state index is 10.3. The fourth-order valence-electron chi connectivity index (χ4n) is 2.08. The van der Waals surface area contributed by atoms with Crippen LogP contribution in [-0.2, 0) is 4.79 Å². The van der Waals surface area contributed by atoms with Gasteiger partial charge in [-0.3, -0.25) is 0 Å². The molecule has 84 valence electrons. The zero-order valence-electron chi connectivity index (χ0n) is 9.39. The molecule has 2 heterocycles. The zero-order chi connectivity index (χ0) is 11.4. The van der Waals surface area contributed by atoms with Crippen LogP contribution < -0.4 is 4.90 Å². The normalized spacial score (nSPS) is 16.9. The molecule has 1 aliphatic heterocycles. The number of pyridine rings is 1. The van der Waals surface area contributed by atoms with Crippen LogP contribution in [-0.4, -0.2) is 24.2 Å². The van der Waals surface area contributed by atoms with Crippen LogP contribution in [0.15, 0.2) is 23.3 Å². The van der Waals surface area contributed by atoms with Crippen molar-refractivity contribution in [3.8, 4) is 0 Å². The molecule has 1 saturated heterocycles. The molecule has 1 aromatic rings. The minimum Gasteiger partial charge on any atom is -0.356 e. The Morgan fingerprint density at radius 2 is 2.25 bits per heavy atom. The largest absolute Gasteiger partial charge is 0.356 e. The van der Waals surface area contributed by atoms with Crippen molar-refractivity contribution >= 4 is 11.9 Å². The smallest absolute Gasteiger partial charge is 0.235 e. The van der Waals surface area contributed by atoms with Gasteiger partial charge in [0, 0.05) is 24.8 Å². The van der Waals surface area contributed by atoms with Gasteiger partial charge in [-0.1, -0.05) is 6.07 Å². The number of anilines is 1. The first kappa shape index (κ1) is 10.8. The van der Waals surface area contributed by atoms with Crippen molar-refractivity contribution in [1.29, 1.82) is 0 Å². The Hall–Kier alpha value is -1.67. The molecular weight excluding hydrogens is 202 g/mol. The molecule has 1 aromatic heterocycles. The van der Waals surface area contributed by atoms with E-state index in [0.29, 0.717) is 0 Å². The second-order valence-electron chi connectivity index (χ2n) is 4.01. The third kappa shape index (κ3) is 2.12. The molecule has 1 fully saturated rings. The van der Waals surface area contributed by atoms with Gasteiger partial charge in [0.25, 0.3) is 0 Å². The summed E-state index contributed by atoms with van der Waals surface area (Å²) in [5.41, 5.74) is 1.01. The highest BCUT2D eigenvalue weighted by Crippen LogP contribution is 2.28. The molecule has 4 nitrogen and oxygen atoms in total. The van der Waals surface area contributed by atoms with Crippen LogP contribution in [0.1, 0.15) is 31.4 Å². The third-order valence-corrected chi connectivity index (χ3v) is 2.92. The third-order valence-electron chi connectivity index (χ3n) is 2.92. The lowest BCUT2D eigenvalue weighted by atomic mass is 10.1. The van der Waals surface area contributed by atoms with Crippen molar-refractivity contribution in [3.05, 3.63) is 23.9 Å². The van der Waals surface area contributed by atoms with E-state index in [1.54, 1.807) is 12.3 Å². The molecule has 0 bridgehead atoms. The van der Waals surface area contributed by atoms with Crippen molar-refractivity contribution in [2.75, 3.05) is 18.0 Å². The average molecular weight is 217 g/mol. The Morgan fingerprint density at radius 3 is 2.94 bits per heavy atom. The Bertz CT molecular complexity index is 406. The fourth-order valence-corrected chi connectivity index (χ4v) is 2.08. The van der Waals surface area contributed by atoms with Crippen LogP contribution in [0.5, 0.6) is 0 Å². The van der Waals surface area contributed by atoms with Gasteiger partial charge in [-0.2, -0.15) is 4.99 Å². The van der Waals surface area contributed by atoms with E-state index in [4.69, 9.17) is 0 Å². The second kappa shape index (κ2) is 4.90. The van der Waals surface area contributed by atoms with E-state index in [2.05, 4.69) is 14.9 Å². The minimum absolute atomic E-state index is 0.165. The minimum atomic E-state index is -0.165. The highest BCUT2D eigenvalue weighted by molar-refractivity contribution is 5.50. The van der Waals surface area contributed by atoms with Gasteiger partial charge < -0.3 is 4.90 Å². The van der Waals surface area contributed by atoms with E-state index in [9.17, 15) is 4.79 Å². The Kier molecular flexibility index (Phi) is 3.32. The summed E-state index contributed by atoms with van der Waals surface area (Å²) >= 11 is 0. The van der Waals surface area contributed by atoms with Crippen molar-refractivity contribution in [1.82, 2.24) is 4.98 Å². The summed E-state index contributed by atoms with van der Waals surface area (Å²) in [4.78, 5) is 20.7. The summed E-state index contributed by atoms with van der Waals surface area (Å²) in [6, 6.07) is 3.69. The molecule has 1 unspecified atom stereocenters. The van der Waals surface area contributed by atoms with Crippen molar-refractivity contribution in [2.24, 2.45) is 4.99 Å². The van der Waals surface area contributed by atoms with E-state index >= 15 is 0 Å². The first-order chi connectivity index (χ1) is 7.83. The van der Waals surface area contributed by atoms with Crippen LogP contribution in [0.2, 0.25) is 0 Å². The van der Waals surface area contributed by atoms with E-state index in [-0.39, 0.29) is 6.04 Å². The van der Waals surface area contributed by atoms with Gasteiger partial charge in [-0.15, -0.1) is 0 Å². The molecule has 0 aliphatic carbocycles. The predicted molar refractivity (Wildman–Crippen MR) is 62.2 cm³/mol. The molecule has 0 N–H and O–H groups in total. The van der Waals surface area contributed by atoms with Crippen LogP contribution in [0, 0.1) is 0 Å². The Morgan fingerprint density at radius 1 is 1.50 bits per heavy atom. The molecular formula is C12H15N3O. The van der Waals surface area contributed by atoms with Crippen LogP contribution in [0.25, 0.3) is 0 Å². The van der Waals surface area contributed by atoms with Gasteiger partial charge in [-0.05, 0) is 25.8 Å². The summed E-state index contributed by atoms with van der Waals surface area (Å²) in [7, 11) is 0. The lowest BCUT2D eigenvalue weighted by Gasteiger charge is -2.20. The molecule has 1 atom stereocenters. The quantitative estimate of drug-likeness (QED) is 0.575. The molecule has 4 heteroatoms. The van der Waals surface area contributed by atoms with Crippen molar-refractivity contribution < 1.29 is 4.79 Å². The van der Waals surface area contributed by atoms with E-state index < -0.39 is 0 Å². The summed E-state index contributed by atoms with van der Waals surface area (Å²) in [5.74, 6) is 0.964. The highest BCUT2D eigenvalue weighted by Gasteiger charge is 2.19. The summed E-state index contributed by atoms with van der Waals surface area (Å²) in [5, 5.41) is 0. The lowest BCUT2D eigenvalue weighted by molar-refractivity contribution is 0.559. The number of nitrogens with zero attached hydrogens (tertiary/aromatic N) is 3. The first-order valence-electron chi connectivity index (χ1n) is 5.60. The van der Waals surface area contributed by atoms with Gasteiger partial charge in [0.1, 0.15) is 5.82 Å². The SMILES string of the molecule is CC(N=C=O)c1cccnc1N1CCCC1. The fraction of sp³-hybridized carbons (Fsp3) is 0.500. The number of rotatable bonds is 3. The van der Waals surface area contributed by atoms with E-state index in [1.807, 2.05) is 19.1 Å². The van der Waals surface area contributed by atoms with E-state index in [0.717, 1.165) is 24.5 Å². The zero-order valence-corrected chi connectivity index (χ0v) is 9.39. The van der Waals surface area contributed by atoms with Crippen molar-refractivity contribution in [3.63, 3.8) is 0 Å². The molecule has 0 amide bonds. The molecule has 2 rings (SSSR count). The summed E-state index contributed by atoms with van der Waals surface area (Å²) < 4.78 is 0. The molecule has 16 heavy (non-hydrogen) atoms. The number of aliphatic imine (C=N–C) groups is 1. The number of carbonyl (C=O) groups excluding carboxylic acids is 1. The average Bonchev–Trinajstić information content (AvgIpc) is 2.83. The van der Waals surface area contributed by atoms with E-state index in [1.165, 1.54) is 12.8 Å². The number of aromatic nitrogens is 1. The lowest BCUT2D eigenvalue weighted by Crippen LogP contribution is -2.21.